The summed E-state index contributed by atoms with van der Waals surface area (Å²) in [5, 5.41) is 0. The maximum absolute atomic E-state index is 15.4. The van der Waals surface area contributed by atoms with E-state index in [1.807, 2.05) is 0 Å². The first-order valence-corrected chi connectivity index (χ1v) is 23.9. The molecule has 6 aromatic rings. The van der Waals surface area contributed by atoms with Crippen LogP contribution >= 0.6 is 0 Å². The molecule has 0 aliphatic carbocycles. The summed E-state index contributed by atoms with van der Waals surface area (Å²) in [5.74, 6) is -69.9. The number of aryl methyl sites for hydroxylation is 1. The fourth-order valence-corrected chi connectivity index (χ4v) is 20.8. The minimum atomic E-state index is -9.74. The zero-order valence-electron chi connectivity index (χ0n) is 30.7. The van der Waals surface area contributed by atoms with E-state index in [1.165, 1.54) is 18.3 Å². The van der Waals surface area contributed by atoms with Gasteiger partial charge in [0.15, 0.2) is 7.14 Å². The van der Waals surface area contributed by atoms with Gasteiger partial charge in [0.1, 0.15) is 0 Å². The first-order valence-electron chi connectivity index (χ1n) is 16.9. The molecule has 0 spiro atoms. The Morgan fingerprint density at radius 2 is 0.500 bits per heavy atom. The molecule has 0 amide bonds. The second-order valence-electron chi connectivity index (χ2n) is 13.4. The van der Waals surface area contributed by atoms with E-state index < -0.39 is 148 Å². The summed E-state index contributed by atoms with van der Waals surface area (Å²) < 4.78 is 284. The second-order valence-corrected chi connectivity index (χ2v) is 24.9. The third-order valence-corrected chi connectivity index (χ3v) is 23.7. The molecule has 0 fully saturated rings. The standard InChI is InChI=1S/C16H18I.4C6F5.Ga/c1-12(2)14-6-10-16(11-7-14)17-15-8-4-13(3)5-9-15;4*7-2-1-3(8)5(10)6(11)4(2)9;/h4-12H,1-3H3;;;;;/q+1;;;;;-1. The van der Waals surface area contributed by atoms with Crippen LogP contribution in [0.25, 0.3) is 0 Å². The Hall–Kier alpha value is -4.71. The van der Waals surface area contributed by atoms with Gasteiger partial charge in [0.2, 0.25) is 0 Å². The van der Waals surface area contributed by atoms with E-state index in [2.05, 4.69) is 69.3 Å². The van der Waals surface area contributed by atoms with Crippen molar-refractivity contribution in [1.29, 1.82) is 0 Å². The molecule has 0 saturated carbocycles. The van der Waals surface area contributed by atoms with E-state index in [9.17, 15) is 52.7 Å². The molecule has 6 rings (SSSR count). The molecule has 0 N–H and O–H groups in total. The van der Waals surface area contributed by atoms with Gasteiger partial charge in [-0.3, -0.25) is 0 Å². The molecule has 0 nitrogen and oxygen atoms in total. The van der Waals surface area contributed by atoms with Crippen molar-refractivity contribution in [2.45, 2.75) is 26.7 Å². The molecule has 0 aliphatic heterocycles. The van der Waals surface area contributed by atoms with Crippen molar-refractivity contribution in [1.82, 2.24) is 0 Å². The number of rotatable bonds is 7. The summed E-state index contributed by atoms with van der Waals surface area (Å²) in [6.07, 6.45) is 0. The quantitative estimate of drug-likeness (QED) is 0.0528. The van der Waals surface area contributed by atoms with Gasteiger partial charge in [-0.2, -0.15) is 0 Å². The van der Waals surface area contributed by atoms with Gasteiger partial charge in [0.25, 0.3) is 0 Å². The van der Waals surface area contributed by atoms with Gasteiger partial charge in [-0.15, -0.1) is 0 Å². The summed E-state index contributed by atoms with van der Waals surface area (Å²) in [6, 6.07) is 18.1. The Labute approximate surface area is 349 Å². The van der Waals surface area contributed by atoms with Gasteiger partial charge in [-0.25, -0.2) is 0 Å². The van der Waals surface area contributed by atoms with Crippen molar-refractivity contribution in [3.8, 4) is 0 Å². The third kappa shape index (κ3) is 7.94. The van der Waals surface area contributed by atoms with E-state index in [0.29, 0.717) is 5.92 Å². The Balaban J connectivity index is 0.000000355. The summed E-state index contributed by atoms with van der Waals surface area (Å²) in [7, 11) is 0. The van der Waals surface area contributed by atoms with Crippen LogP contribution in [0.4, 0.5) is 87.8 Å². The van der Waals surface area contributed by atoms with E-state index >= 15 is 35.1 Å². The molecule has 0 radical (unpaired) electrons. The first-order chi connectivity index (χ1) is 28.8. The molecule has 0 saturated heterocycles. The van der Waals surface area contributed by atoms with Crippen molar-refractivity contribution >= 4 is 31.5 Å². The molecule has 0 atom stereocenters. The summed E-state index contributed by atoms with van der Waals surface area (Å²) in [6.45, 7) is 6.62. The number of halogens is 21. The fourth-order valence-electron chi connectivity index (χ4n) is 6.51. The Kier molecular flexibility index (Phi) is 14.2. The molecule has 0 unspecified atom stereocenters. The fraction of sp³-hybridized carbons (Fsp3) is 0.100. The predicted molar refractivity (Wildman–Crippen MR) is 178 cm³/mol. The van der Waals surface area contributed by atoms with Crippen molar-refractivity contribution in [2.24, 2.45) is 0 Å². The Morgan fingerprint density at radius 3 is 0.710 bits per heavy atom. The number of benzene rings is 6. The van der Waals surface area contributed by atoms with E-state index in [-0.39, 0.29) is 21.2 Å². The van der Waals surface area contributed by atoms with Gasteiger partial charge >= 0.3 is 257 Å². The summed E-state index contributed by atoms with van der Waals surface area (Å²) in [5.41, 5.74) is 2.77. The van der Waals surface area contributed by atoms with Crippen LogP contribution in [0.2, 0.25) is 0 Å². The SMILES string of the molecule is Cc1ccc([I+]c2ccc(C(C)C)cc2)cc1.Fc1c(F)c(F)[c]([Ga-]([c]2c(F)c(F)c(F)c(F)c2F)([c]2c(F)c(F)c(F)c(F)c2F)[c]2c(F)c(F)c(F)c(F)c2F)c(F)c1F. The van der Waals surface area contributed by atoms with Crippen molar-refractivity contribution in [2.75, 3.05) is 0 Å². The van der Waals surface area contributed by atoms with Gasteiger partial charge in [0.05, 0.1) is 0 Å². The van der Waals surface area contributed by atoms with Crippen LogP contribution in [0.3, 0.4) is 0 Å². The monoisotopic (exact) mass is 1070 g/mol. The molecule has 0 bridgehead atoms. The van der Waals surface area contributed by atoms with Crippen molar-refractivity contribution < 1.29 is 109 Å². The van der Waals surface area contributed by atoms with Crippen LogP contribution in [0.5, 0.6) is 0 Å². The Morgan fingerprint density at radius 1 is 0.306 bits per heavy atom. The molecule has 0 heterocycles. The van der Waals surface area contributed by atoms with Crippen molar-refractivity contribution in [3.63, 3.8) is 0 Å². The van der Waals surface area contributed by atoms with E-state index in [0.717, 1.165) is 0 Å². The summed E-state index contributed by atoms with van der Waals surface area (Å²) in [4.78, 5) is 0. The van der Waals surface area contributed by atoms with Gasteiger partial charge in [-0.05, 0) is 42.7 Å². The first kappa shape index (κ1) is 48.3. The molecule has 0 aromatic heterocycles. The van der Waals surface area contributed by atoms with Crippen LogP contribution in [0.15, 0.2) is 48.5 Å². The van der Waals surface area contributed by atoms with Crippen LogP contribution in [0.1, 0.15) is 30.9 Å². The minimum absolute atomic E-state index is 0.0167. The van der Waals surface area contributed by atoms with Crippen LogP contribution in [0, 0.1) is 130 Å². The van der Waals surface area contributed by atoms with Crippen molar-refractivity contribution in [3.05, 3.63) is 183 Å². The maximum atomic E-state index is 15.4. The topological polar surface area (TPSA) is 0 Å². The van der Waals surface area contributed by atoms with E-state index in [4.69, 9.17) is 0 Å². The molecular formula is C40H18F20GaI. The third-order valence-electron chi connectivity index (χ3n) is 9.47. The average molecular weight is 1080 g/mol. The van der Waals surface area contributed by atoms with E-state index in [1.54, 1.807) is 0 Å². The zero-order valence-corrected chi connectivity index (χ0v) is 35.3. The molecule has 62 heavy (non-hydrogen) atoms. The van der Waals surface area contributed by atoms with Gasteiger partial charge in [-0.1, -0.05) is 43.7 Å². The van der Waals surface area contributed by atoms with Crippen LogP contribution in [-0.2, 0) is 0 Å². The zero-order chi connectivity index (χ0) is 46.6. The van der Waals surface area contributed by atoms with Crippen LogP contribution < -0.4 is 37.7 Å². The predicted octanol–water partition coefficient (Wildman–Crippen LogP) is 7.09. The van der Waals surface area contributed by atoms with Crippen LogP contribution in [-0.4, -0.2) is 15.0 Å². The second kappa shape index (κ2) is 18.2. The molecule has 22 heteroatoms. The molecular weight excluding hydrogens is 1060 g/mol. The average Bonchev–Trinajstić information content (AvgIpc) is 3.24. The van der Waals surface area contributed by atoms with Gasteiger partial charge in [0, 0.05) is 0 Å². The number of hydrogen-bond acceptors (Lipinski definition) is 0. The number of hydrogen-bond donors (Lipinski definition) is 0. The normalized spacial score (nSPS) is 11.7. The molecule has 0 aliphatic rings. The summed E-state index contributed by atoms with van der Waals surface area (Å²) >= 11 is -9.75. The molecule has 6 aromatic carbocycles. The molecule has 328 valence electrons. The van der Waals surface area contributed by atoms with Gasteiger partial charge < -0.3 is 0 Å². The Bertz CT molecular complexity index is 2360.